The lowest BCUT2D eigenvalue weighted by Gasteiger charge is -2.30. The Morgan fingerprint density at radius 1 is 1.25 bits per heavy atom. The lowest BCUT2D eigenvalue weighted by atomic mass is 9.74. The predicted octanol–water partition coefficient (Wildman–Crippen LogP) is 4.52. The van der Waals surface area contributed by atoms with Crippen LogP contribution in [0.25, 0.3) is 10.9 Å². The van der Waals surface area contributed by atoms with E-state index in [0.29, 0.717) is 24.0 Å². The molecule has 2 fully saturated rings. The highest BCUT2D eigenvalue weighted by molar-refractivity contribution is 5.86. The van der Waals surface area contributed by atoms with Crippen LogP contribution in [0.1, 0.15) is 68.7 Å². The minimum absolute atomic E-state index is 0.0530. The molecule has 2 aromatic rings. The molecular weight excluding hydrogens is 300 g/mol. The van der Waals surface area contributed by atoms with Gasteiger partial charge in [-0.1, -0.05) is 13.0 Å². The van der Waals surface area contributed by atoms with Gasteiger partial charge in [-0.15, -0.1) is 0 Å². The van der Waals surface area contributed by atoms with Crippen LogP contribution in [0, 0.1) is 12.8 Å². The fourth-order valence-electron chi connectivity index (χ4n) is 4.41. The maximum atomic E-state index is 12.1. The molecule has 1 aliphatic carbocycles. The summed E-state index contributed by atoms with van der Waals surface area (Å²) in [6.45, 7) is 5.26. The number of Topliss-reactive ketones (excluding diaryl/α,β-unsaturated/α-hetero) is 1. The summed E-state index contributed by atoms with van der Waals surface area (Å²) in [4.78, 5) is 12.1. The number of benzene rings is 1. The van der Waals surface area contributed by atoms with Gasteiger partial charge in [0.05, 0.1) is 11.7 Å². The van der Waals surface area contributed by atoms with Crippen LogP contribution < -0.4 is 0 Å². The number of fused-ring (bicyclic) bond motifs is 1. The first kappa shape index (κ1) is 15.8. The summed E-state index contributed by atoms with van der Waals surface area (Å²) >= 11 is 0. The summed E-state index contributed by atoms with van der Waals surface area (Å²) in [6, 6.07) is 4.35. The van der Waals surface area contributed by atoms with Gasteiger partial charge >= 0.3 is 0 Å². The Bertz CT molecular complexity index is 758. The Kier molecular flexibility index (Phi) is 4.17. The topological polar surface area (TPSA) is 44.1 Å². The zero-order valence-electron chi connectivity index (χ0n) is 14.6. The van der Waals surface area contributed by atoms with Gasteiger partial charge in [-0.05, 0) is 61.6 Å². The van der Waals surface area contributed by atoms with Gasteiger partial charge in [0, 0.05) is 24.8 Å². The lowest BCUT2D eigenvalue weighted by molar-refractivity contribution is -0.121. The van der Waals surface area contributed by atoms with Crippen LogP contribution in [0.5, 0.6) is 0 Å². The van der Waals surface area contributed by atoms with Crippen LogP contribution in [-0.4, -0.2) is 22.2 Å². The van der Waals surface area contributed by atoms with Gasteiger partial charge in [0.1, 0.15) is 5.78 Å². The molecule has 1 aromatic heterocycles. The molecule has 0 bridgehead atoms. The van der Waals surface area contributed by atoms with Crippen molar-refractivity contribution in [2.75, 3.05) is 6.61 Å². The van der Waals surface area contributed by atoms with Crippen molar-refractivity contribution in [1.29, 1.82) is 0 Å². The van der Waals surface area contributed by atoms with Crippen molar-refractivity contribution in [2.24, 2.45) is 5.92 Å². The number of aryl methyl sites for hydroxylation is 1. The second-order valence-corrected chi connectivity index (χ2v) is 7.50. The molecule has 3 atom stereocenters. The molecule has 128 valence electrons. The van der Waals surface area contributed by atoms with Crippen molar-refractivity contribution in [2.45, 2.75) is 64.5 Å². The first-order chi connectivity index (χ1) is 11.6. The summed E-state index contributed by atoms with van der Waals surface area (Å²) < 4.78 is 7.98. The van der Waals surface area contributed by atoms with Crippen LogP contribution in [0.3, 0.4) is 0 Å². The van der Waals surface area contributed by atoms with Gasteiger partial charge in [0.2, 0.25) is 0 Å². The largest absolute Gasteiger partial charge is 0.356 e. The van der Waals surface area contributed by atoms with Crippen LogP contribution in [0.4, 0.5) is 0 Å². The number of nitrogens with zero attached hydrogens (tertiary/aromatic N) is 2. The van der Waals surface area contributed by atoms with E-state index >= 15 is 0 Å². The van der Waals surface area contributed by atoms with Crippen molar-refractivity contribution in [3.05, 3.63) is 29.5 Å². The standard InChI is InChI=1S/C20H26N2O2/c1-13-6-8-15(23)11-16(13)20-14(2)7-9-18-17(20)12-21-22(18)19-5-3-4-10-24-19/h7,9,12-13,16,19H,3-6,8,10-11H2,1-2H3. The van der Waals surface area contributed by atoms with Crippen molar-refractivity contribution < 1.29 is 9.53 Å². The molecule has 4 heteroatoms. The van der Waals surface area contributed by atoms with E-state index in [0.717, 1.165) is 37.8 Å². The number of carbonyl (C=O) groups excluding carboxylic acids is 1. The zero-order valence-corrected chi connectivity index (χ0v) is 14.6. The first-order valence-electron chi connectivity index (χ1n) is 9.25. The van der Waals surface area contributed by atoms with E-state index in [1.807, 2.05) is 10.9 Å². The molecule has 0 N–H and O–H groups in total. The van der Waals surface area contributed by atoms with E-state index < -0.39 is 0 Å². The molecule has 1 saturated carbocycles. The van der Waals surface area contributed by atoms with Crippen LogP contribution in [-0.2, 0) is 9.53 Å². The molecule has 1 aromatic carbocycles. The monoisotopic (exact) mass is 326 g/mol. The molecule has 4 nitrogen and oxygen atoms in total. The van der Waals surface area contributed by atoms with Gasteiger partial charge in [0.25, 0.3) is 0 Å². The van der Waals surface area contributed by atoms with Gasteiger partial charge in [-0.2, -0.15) is 5.10 Å². The third-order valence-corrected chi connectivity index (χ3v) is 5.85. The van der Waals surface area contributed by atoms with Crippen molar-refractivity contribution >= 4 is 16.7 Å². The molecule has 4 rings (SSSR count). The summed E-state index contributed by atoms with van der Waals surface area (Å²) in [7, 11) is 0. The number of carbonyl (C=O) groups is 1. The van der Waals surface area contributed by atoms with E-state index in [2.05, 4.69) is 31.1 Å². The number of aromatic nitrogens is 2. The Labute approximate surface area is 143 Å². The molecule has 1 aliphatic heterocycles. The number of hydrogen-bond acceptors (Lipinski definition) is 3. The third kappa shape index (κ3) is 2.67. The van der Waals surface area contributed by atoms with Crippen molar-refractivity contribution in [3.63, 3.8) is 0 Å². The average Bonchev–Trinajstić information content (AvgIpc) is 3.02. The summed E-state index contributed by atoms with van der Waals surface area (Å²) in [5.41, 5.74) is 3.75. The highest BCUT2D eigenvalue weighted by Gasteiger charge is 2.30. The lowest BCUT2D eigenvalue weighted by Crippen LogP contribution is -2.22. The van der Waals surface area contributed by atoms with E-state index in [9.17, 15) is 4.79 Å². The van der Waals surface area contributed by atoms with E-state index in [1.165, 1.54) is 22.9 Å². The highest BCUT2D eigenvalue weighted by Crippen LogP contribution is 2.41. The van der Waals surface area contributed by atoms with Gasteiger partial charge < -0.3 is 4.74 Å². The quantitative estimate of drug-likeness (QED) is 0.815. The van der Waals surface area contributed by atoms with Crippen LogP contribution in [0.2, 0.25) is 0 Å². The highest BCUT2D eigenvalue weighted by atomic mass is 16.5. The average molecular weight is 326 g/mol. The Morgan fingerprint density at radius 2 is 2.12 bits per heavy atom. The normalized spacial score (nSPS) is 28.4. The van der Waals surface area contributed by atoms with Crippen molar-refractivity contribution in [1.82, 2.24) is 9.78 Å². The third-order valence-electron chi connectivity index (χ3n) is 5.85. The minimum atomic E-state index is 0.0530. The number of ether oxygens (including phenoxy) is 1. The molecule has 0 radical (unpaired) electrons. The Morgan fingerprint density at radius 3 is 2.92 bits per heavy atom. The Balaban J connectivity index is 1.79. The molecule has 24 heavy (non-hydrogen) atoms. The smallest absolute Gasteiger partial charge is 0.150 e. The molecule has 0 spiro atoms. The van der Waals surface area contributed by atoms with Gasteiger partial charge in [0.15, 0.2) is 6.23 Å². The SMILES string of the molecule is Cc1ccc2c(cnn2C2CCCCO2)c1C1CC(=O)CCC1C. The predicted molar refractivity (Wildman–Crippen MR) is 94.1 cm³/mol. The second-order valence-electron chi connectivity index (χ2n) is 7.50. The number of ketones is 1. The minimum Gasteiger partial charge on any atom is -0.356 e. The maximum Gasteiger partial charge on any atom is 0.150 e. The van der Waals surface area contributed by atoms with Gasteiger partial charge in [-0.25, -0.2) is 4.68 Å². The summed E-state index contributed by atoms with van der Waals surface area (Å²) in [6.07, 6.45) is 7.81. The second kappa shape index (κ2) is 6.32. The molecule has 1 saturated heterocycles. The molecular formula is C20H26N2O2. The van der Waals surface area contributed by atoms with Gasteiger partial charge in [-0.3, -0.25) is 4.79 Å². The first-order valence-corrected chi connectivity index (χ1v) is 9.25. The maximum absolute atomic E-state index is 12.1. The summed E-state index contributed by atoms with van der Waals surface area (Å²) in [5, 5.41) is 5.87. The fourth-order valence-corrected chi connectivity index (χ4v) is 4.41. The number of rotatable bonds is 2. The molecule has 3 unspecified atom stereocenters. The van der Waals surface area contributed by atoms with Crippen molar-refractivity contribution in [3.8, 4) is 0 Å². The van der Waals surface area contributed by atoms with Crippen LogP contribution >= 0.6 is 0 Å². The number of hydrogen-bond donors (Lipinski definition) is 0. The van der Waals surface area contributed by atoms with Crippen LogP contribution in [0.15, 0.2) is 18.3 Å². The fraction of sp³-hybridized carbons (Fsp3) is 0.600. The summed E-state index contributed by atoms with van der Waals surface area (Å²) in [5.74, 6) is 1.26. The van der Waals surface area contributed by atoms with E-state index in [-0.39, 0.29) is 6.23 Å². The Hall–Kier alpha value is -1.68. The molecule has 2 heterocycles. The van der Waals surface area contributed by atoms with E-state index in [4.69, 9.17) is 4.74 Å². The van der Waals surface area contributed by atoms with E-state index in [1.54, 1.807) is 0 Å². The molecule has 2 aliphatic rings. The molecule has 0 amide bonds. The zero-order chi connectivity index (χ0) is 16.7.